The molecule has 0 radical (unpaired) electrons. The molecule has 0 bridgehead atoms. The summed E-state index contributed by atoms with van der Waals surface area (Å²) >= 11 is 0. The molecule has 0 spiro atoms. The SMILES string of the molecule is Cc1cc([N+](=O)[O-])ccc1NC(=O)CCN. The minimum absolute atomic E-state index is 0.00863. The highest BCUT2D eigenvalue weighted by atomic mass is 16.6. The van der Waals surface area contributed by atoms with E-state index in [1.54, 1.807) is 6.92 Å². The molecule has 0 unspecified atom stereocenters. The normalized spacial score (nSPS) is 9.88. The van der Waals surface area contributed by atoms with Gasteiger partial charge in [0.15, 0.2) is 0 Å². The van der Waals surface area contributed by atoms with Crippen LogP contribution in [0.4, 0.5) is 11.4 Å². The number of non-ortho nitro benzene ring substituents is 1. The van der Waals surface area contributed by atoms with Crippen molar-refractivity contribution < 1.29 is 9.72 Å². The van der Waals surface area contributed by atoms with Crippen LogP contribution in [-0.2, 0) is 4.79 Å². The van der Waals surface area contributed by atoms with Gasteiger partial charge in [-0.05, 0) is 18.6 Å². The van der Waals surface area contributed by atoms with Crippen LogP contribution in [0.1, 0.15) is 12.0 Å². The largest absolute Gasteiger partial charge is 0.330 e. The van der Waals surface area contributed by atoms with Crippen LogP contribution >= 0.6 is 0 Å². The van der Waals surface area contributed by atoms with Gasteiger partial charge >= 0.3 is 0 Å². The van der Waals surface area contributed by atoms with Crippen molar-refractivity contribution in [2.75, 3.05) is 11.9 Å². The summed E-state index contributed by atoms with van der Waals surface area (Å²) in [5, 5.41) is 13.1. The highest BCUT2D eigenvalue weighted by Crippen LogP contribution is 2.21. The summed E-state index contributed by atoms with van der Waals surface area (Å²) in [6, 6.07) is 4.28. The summed E-state index contributed by atoms with van der Waals surface area (Å²) < 4.78 is 0. The van der Waals surface area contributed by atoms with Gasteiger partial charge in [0.05, 0.1) is 4.92 Å². The number of benzene rings is 1. The van der Waals surface area contributed by atoms with E-state index in [1.807, 2.05) is 0 Å². The Morgan fingerprint density at radius 2 is 2.25 bits per heavy atom. The molecule has 0 aliphatic heterocycles. The number of nitro groups is 1. The number of nitrogens with zero attached hydrogens (tertiary/aromatic N) is 1. The first kappa shape index (κ1) is 12.1. The second-order valence-corrected chi connectivity index (χ2v) is 3.34. The van der Waals surface area contributed by atoms with E-state index in [-0.39, 0.29) is 24.6 Å². The molecule has 1 aromatic carbocycles. The maximum Gasteiger partial charge on any atom is 0.269 e. The Kier molecular flexibility index (Phi) is 3.96. The number of rotatable bonds is 4. The van der Waals surface area contributed by atoms with Crippen molar-refractivity contribution in [2.24, 2.45) is 5.73 Å². The molecule has 6 heteroatoms. The third-order valence-electron chi connectivity index (χ3n) is 2.07. The fourth-order valence-electron chi connectivity index (χ4n) is 1.25. The maximum atomic E-state index is 11.3. The number of nitrogens with two attached hydrogens (primary N) is 1. The minimum Gasteiger partial charge on any atom is -0.330 e. The third-order valence-corrected chi connectivity index (χ3v) is 2.07. The van der Waals surface area contributed by atoms with Gasteiger partial charge in [-0.2, -0.15) is 0 Å². The van der Waals surface area contributed by atoms with Crippen LogP contribution in [0.5, 0.6) is 0 Å². The zero-order chi connectivity index (χ0) is 12.1. The van der Waals surface area contributed by atoms with Gasteiger partial charge in [0, 0.05) is 30.8 Å². The molecule has 86 valence electrons. The first-order valence-corrected chi connectivity index (χ1v) is 4.79. The highest BCUT2D eigenvalue weighted by molar-refractivity contribution is 5.91. The van der Waals surface area contributed by atoms with Crippen LogP contribution in [0.2, 0.25) is 0 Å². The molecule has 0 fully saturated rings. The van der Waals surface area contributed by atoms with Gasteiger partial charge in [-0.25, -0.2) is 0 Å². The van der Waals surface area contributed by atoms with Gasteiger partial charge in [-0.1, -0.05) is 0 Å². The lowest BCUT2D eigenvalue weighted by atomic mass is 10.1. The lowest BCUT2D eigenvalue weighted by Crippen LogP contribution is -2.16. The molecule has 0 aliphatic rings. The van der Waals surface area contributed by atoms with Crippen LogP contribution in [0.25, 0.3) is 0 Å². The van der Waals surface area contributed by atoms with Gasteiger partial charge in [-0.15, -0.1) is 0 Å². The monoisotopic (exact) mass is 223 g/mol. The molecule has 0 heterocycles. The van der Waals surface area contributed by atoms with Gasteiger partial charge < -0.3 is 11.1 Å². The molecule has 0 aliphatic carbocycles. The average Bonchev–Trinajstić information content (AvgIpc) is 2.21. The van der Waals surface area contributed by atoms with Crippen molar-refractivity contribution in [3.8, 4) is 0 Å². The zero-order valence-corrected chi connectivity index (χ0v) is 8.90. The van der Waals surface area contributed by atoms with E-state index in [2.05, 4.69) is 5.32 Å². The standard InChI is InChI=1S/C10H13N3O3/c1-7-6-8(13(15)16)2-3-9(7)12-10(14)4-5-11/h2-3,6H,4-5,11H2,1H3,(H,12,14). The van der Waals surface area contributed by atoms with Gasteiger partial charge in [0.2, 0.25) is 5.91 Å². The topological polar surface area (TPSA) is 98.3 Å². The summed E-state index contributed by atoms with van der Waals surface area (Å²) in [5.41, 5.74) is 6.47. The summed E-state index contributed by atoms with van der Waals surface area (Å²) in [6.07, 6.45) is 0.233. The number of hydrogen-bond donors (Lipinski definition) is 2. The predicted octanol–water partition coefficient (Wildman–Crippen LogP) is 1.19. The lowest BCUT2D eigenvalue weighted by molar-refractivity contribution is -0.384. The number of amides is 1. The van der Waals surface area contributed by atoms with Crippen molar-refractivity contribution in [3.05, 3.63) is 33.9 Å². The molecule has 1 rings (SSSR count). The van der Waals surface area contributed by atoms with E-state index in [1.165, 1.54) is 18.2 Å². The van der Waals surface area contributed by atoms with Crippen LogP contribution < -0.4 is 11.1 Å². The molecule has 0 atom stereocenters. The second kappa shape index (κ2) is 5.22. The van der Waals surface area contributed by atoms with Crippen molar-refractivity contribution in [1.29, 1.82) is 0 Å². The van der Waals surface area contributed by atoms with Crippen molar-refractivity contribution in [2.45, 2.75) is 13.3 Å². The Balaban J connectivity index is 2.83. The molecule has 6 nitrogen and oxygen atoms in total. The number of carbonyl (C=O) groups excluding carboxylic acids is 1. The smallest absolute Gasteiger partial charge is 0.269 e. The quantitative estimate of drug-likeness (QED) is 0.591. The number of carbonyl (C=O) groups is 1. The Morgan fingerprint density at radius 3 is 2.75 bits per heavy atom. The van der Waals surface area contributed by atoms with E-state index in [0.29, 0.717) is 11.3 Å². The average molecular weight is 223 g/mol. The summed E-state index contributed by atoms with van der Waals surface area (Å²) in [5.74, 6) is -0.195. The molecule has 16 heavy (non-hydrogen) atoms. The predicted molar refractivity (Wildman–Crippen MR) is 60.1 cm³/mol. The number of hydrogen-bond acceptors (Lipinski definition) is 4. The second-order valence-electron chi connectivity index (χ2n) is 3.34. The fraction of sp³-hybridized carbons (Fsp3) is 0.300. The molecule has 0 saturated carbocycles. The van der Waals surface area contributed by atoms with Crippen molar-refractivity contribution >= 4 is 17.3 Å². The maximum absolute atomic E-state index is 11.3. The summed E-state index contributed by atoms with van der Waals surface area (Å²) in [6.45, 7) is 1.98. The minimum atomic E-state index is -0.474. The molecular weight excluding hydrogens is 210 g/mol. The van der Waals surface area contributed by atoms with E-state index in [4.69, 9.17) is 5.73 Å². The van der Waals surface area contributed by atoms with Crippen LogP contribution in [-0.4, -0.2) is 17.4 Å². The van der Waals surface area contributed by atoms with Crippen LogP contribution in [0.15, 0.2) is 18.2 Å². The van der Waals surface area contributed by atoms with Crippen molar-refractivity contribution in [3.63, 3.8) is 0 Å². The number of nitrogens with one attached hydrogen (secondary N) is 1. The molecule has 3 N–H and O–H groups in total. The lowest BCUT2D eigenvalue weighted by Gasteiger charge is -2.07. The van der Waals surface area contributed by atoms with Gasteiger partial charge in [-0.3, -0.25) is 14.9 Å². The Morgan fingerprint density at radius 1 is 1.56 bits per heavy atom. The Bertz CT molecular complexity index is 418. The number of anilines is 1. The first-order chi connectivity index (χ1) is 7.54. The molecule has 0 saturated heterocycles. The Labute approximate surface area is 92.6 Å². The molecule has 1 aromatic rings. The van der Waals surface area contributed by atoms with Crippen molar-refractivity contribution in [1.82, 2.24) is 0 Å². The van der Waals surface area contributed by atoms with Crippen LogP contribution in [0.3, 0.4) is 0 Å². The summed E-state index contributed by atoms with van der Waals surface area (Å²) in [4.78, 5) is 21.3. The highest BCUT2D eigenvalue weighted by Gasteiger charge is 2.09. The molecular formula is C10H13N3O3. The fourth-order valence-corrected chi connectivity index (χ4v) is 1.25. The Hall–Kier alpha value is -1.95. The molecule has 0 aromatic heterocycles. The van der Waals surface area contributed by atoms with E-state index < -0.39 is 4.92 Å². The van der Waals surface area contributed by atoms with Gasteiger partial charge in [0.25, 0.3) is 5.69 Å². The molecule has 1 amide bonds. The first-order valence-electron chi connectivity index (χ1n) is 4.79. The van der Waals surface area contributed by atoms with E-state index in [9.17, 15) is 14.9 Å². The van der Waals surface area contributed by atoms with E-state index >= 15 is 0 Å². The number of aryl methyl sites for hydroxylation is 1. The summed E-state index contributed by atoms with van der Waals surface area (Å²) in [7, 11) is 0. The van der Waals surface area contributed by atoms with Crippen LogP contribution in [0, 0.1) is 17.0 Å². The van der Waals surface area contributed by atoms with Gasteiger partial charge in [0.1, 0.15) is 0 Å². The third kappa shape index (κ3) is 3.03. The number of nitro benzene ring substituents is 1. The zero-order valence-electron chi connectivity index (χ0n) is 8.90. The van der Waals surface area contributed by atoms with E-state index in [0.717, 1.165) is 0 Å².